The number of nitrogen functional groups attached to an aromatic ring is 1. The summed E-state index contributed by atoms with van der Waals surface area (Å²) < 4.78 is 11.4. The Morgan fingerprint density at radius 2 is 1.89 bits per heavy atom. The van der Waals surface area contributed by atoms with Crippen molar-refractivity contribution in [3.63, 3.8) is 0 Å². The van der Waals surface area contributed by atoms with Gasteiger partial charge in [0.1, 0.15) is 16.0 Å². The zero-order chi connectivity index (χ0) is 14.0. The van der Waals surface area contributed by atoms with E-state index in [1.807, 2.05) is 25.1 Å². The van der Waals surface area contributed by atoms with Crippen LogP contribution in [0.1, 0.15) is 5.56 Å². The van der Waals surface area contributed by atoms with Gasteiger partial charge in [-0.25, -0.2) is 0 Å². The van der Waals surface area contributed by atoms with Crippen LogP contribution in [0.2, 0.25) is 0 Å². The summed E-state index contributed by atoms with van der Waals surface area (Å²) in [5.74, 6) is 1.36. The van der Waals surface area contributed by atoms with Gasteiger partial charge in [-0.15, -0.1) is 0 Å². The molecule has 0 fully saturated rings. The molecule has 4 nitrogen and oxygen atoms in total. The molecule has 0 aliphatic rings. The van der Waals surface area contributed by atoms with Crippen molar-refractivity contribution in [2.75, 3.05) is 20.0 Å². The third kappa shape index (κ3) is 2.38. The van der Waals surface area contributed by atoms with Crippen molar-refractivity contribution in [1.82, 2.24) is 4.98 Å². The molecule has 5 heteroatoms. The van der Waals surface area contributed by atoms with Crippen molar-refractivity contribution in [1.29, 1.82) is 0 Å². The van der Waals surface area contributed by atoms with Gasteiger partial charge in [0, 0.05) is 11.8 Å². The second kappa shape index (κ2) is 5.48. The van der Waals surface area contributed by atoms with Gasteiger partial charge in [0.05, 0.1) is 25.6 Å². The minimum Gasteiger partial charge on any atom is -0.495 e. The van der Waals surface area contributed by atoms with Crippen molar-refractivity contribution < 1.29 is 9.47 Å². The van der Waals surface area contributed by atoms with E-state index < -0.39 is 0 Å². The van der Waals surface area contributed by atoms with E-state index in [-0.39, 0.29) is 0 Å². The predicted octanol–water partition coefficient (Wildman–Crippen LogP) is 3.42. The number of methoxy groups -OCH3 is 2. The Morgan fingerprint density at radius 3 is 2.53 bits per heavy atom. The van der Waals surface area contributed by atoms with E-state index in [0.29, 0.717) is 22.9 Å². The fraction of sp³-hybridized carbons (Fsp3) is 0.214. The van der Waals surface area contributed by atoms with Gasteiger partial charge >= 0.3 is 0 Å². The summed E-state index contributed by atoms with van der Waals surface area (Å²) in [5.41, 5.74) is 9.27. The molecule has 1 aromatic carbocycles. The third-order valence-corrected chi connectivity index (χ3v) is 3.70. The Hall–Kier alpha value is -1.75. The molecule has 1 heterocycles. The zero-order valence-corrected chi connectivity index (χ0v) is 12.6. The van der Waals surface area contributed by atoms with Crippen LogP contribution < -0.4 is 15.2 Å². The Bertz CT molecular complexity index is 615. The van der Waals surface area contributed by atoms with Gasteiger partial charge in [-0.2, -0.15) is 0 Å². The first kappa shape index (κ1) is 13.7. The van der Waals surface area contributed by atoms with Gasteiger partial charge < -0.3 is 15.2 Å². The Kier molecular flexibility index (Phi) is 3.95. The second-order valence-electron chi connectivity index (χ2n) is 4.05. The topological polar surface area (TPSA) is 57.4 Å². The first-order valence-electron chi connectivity index (χ1n) is 5.72. The number of aryl methyl sites for hydroxylation is 1. The number of halogens is 1. The Labute approximate surface area is 120 Å². The lowest BCUT2D eigenvalue weighted by Crippen LogP contribution is -1.99. The largest absolute Gasteiger partial charge is 0.495 e. The zero-order valence-electron chi connectivity index (χ0n) is 11.0. The van der Waals surface area contributed by atoms with Crippen LogP contribution in [0.3, 0.4) is 0 Å². The van der Waals surface area contributed by atoms with Crippen molar-refractivity contribution in [3.8, 4) is 22.8 Å². The molecule has 0 saturated heterocycles. The number of ether oxygens (including phenoxy) is 2. The van der Waals surface area contributed by atoms with E-state index in [2.05, 4.69) is 20.9 Å². The van der Waals surface area contributed by atoms with E-state index >= 15 is 0 Å². The molecule has 0 amide bonds. The van der Waals surface area contributed by atoms with Crippen molar-refractivity contribution in [3.05, 3.63) is 34.4 Å². The van der Waals surface area contributed by atoms with Crippen LogP contribution in [0.15, 0.2) is 28.9 Å². The summed E-state index contributed by atoms with van der Waals surface area (Å²) >= 11 is 3.47. The number of aromatic nitrogens is 1. The van der Waals surface area contributed by atoms with Crippen LogP contribution in [-0.2, 0) is 0 Å². The molecule has 0 aliphatic heterocycles. The monoisotopic (exact) mass is 322 g/mol. The van der Waals surface area contributed by atoms with E-state index in [0.717, 1.165) is 15.6 Å². The van der Waals surface area contributed by atoms with Crippen LogP contribution in [0.25, 0.3) is 11.3 Å². The van der Waals surface area contributed by atoms with Gasteiger partial charge in [-0.05, 0) is 46.6 Å². The number of anilines is 1. The number of rotatable bonds is 3. The van der Waals surface area contributed by atoms with Gasteiger partial charge in [0.15, 0.2) is 0 Å². The number of nitrogens with two attached hydrogens (primary N) is 1. The minimum atomic E-state index is 0.651. The Morgan fingerprint density at radius 1 is 1.16 bits per heavy atom. The highest BCUT2D eigenvalue weighted by atomic mass is 79.9. The molecule has 0 radical (unpaired) electrons. The standard InChI is InChI=1S/C14H15BrN2O2/c1-8-6-7-17-13(12(8)16)9-4-5-10(18-2)11(15)14(9)19-3/h4-7H,16H2,1-3H3. The average molecular weight is 323 g/mol. The summed E-state index contributed by atoms with van der Waals surface area (Å²) in [6.07, 6.45) is 1.73. The molecular formula is C14H15BrN2O2. The molecule has 2 N–H and O–H groups in total. The molecular weight excluding hydrogens is 308 g/mol. The highest BCUT2D eigenvalue weighted by molar-refractivity contribution is 9.10. The van der Waals surface area contributed by atoms with Gasteiger partial charge in [-0.3, -0.25) is 4.98 Å². The second-order valence-corrected chi connectivity index (χ2v) is 4.85. The maximum atomic E-state index is 6.09. The van der Waals surface area contributed by atoms with Gasteiger partial charge in [0.25, 0.3) is 0 Å². The molecule has 1 aromatic heterocycles. The van der Waals surface area contributed by atoms with Crippen molar-refractivity contribution in [2.45, 2.75) is 6.92 Å². The first-order valence-corrected chi connectivity index (χ1v) is 6.51. The minimum absolute atomic E-state index is 0.651. The van der Waals surface area contributed by atoms with E-state index in [4.69, 9.17) is 15.2 Å². The summed E-state index contributed by atoms with van der Waals surface area (Å²) in [6, 6.07) is 5.62. The predicted molar refractivity (Wildman–Crippen MR) is 79.6 cm³/mol. The molecule has 0 spiro atoms. The third-order valence-electron chi connectivity index (χ3n) is 2.95. The number of benzene rings is 1. The smallest absolute Gasteiger partial charge is 0.146 e. The number of hydrogen-bond acceptors (Lipinski definition) is 4. The molecule has 0 bridgehead atoms. The van der Waals surface area contributed by atoms with Gasteiger partial charge in [0.2, 0.25) is 0 Å². The highest BCUT2D eigenvalue weighted by Crippen LogP contribution is 2.43. The summed E-state index contributed by atoms with van der Waals surface area (Å²) in [7, 11) is 3.22. The number of pyridine rings is 1. The van der Waals surface area contributed by atoms with Crippen LogP contribution >= 0.6 is 15.9 Å². The van der Waals surface area contributed by atoms with Gasteiger partial charge in [-0.1, -0.05) is 0 Å². The molecule has 0 unspecified atom stereocenters. The lowest BCUT2D eigenvalue weighted by Gasteiger charge is -2.14. The SMILES string of the molecule is COc1ccc(-c2nccc(C)c2N)c(OC)c1Br. The molecule has 19 heavy (non-hydrogen) atoms. The van der Waals surface area contributed by atoms with Crippen LogP contribution in [-0.4, -0.2) is 19.2 Å². The van der Waals surface area contributed by atoms with Crippen LogP contribution in [0.4, 0.5) is 5.69 Å². The lowest BCUT2D eigenvalue weighted by atomic mass is 10.1. The van der Waals surface area contributed by atoms with Crippen LogP contribution in [0, 0.1) is 6.92 Å². The number of hydrogen-bond donors (Lipinski definition) is 1. The molecule has 0 aliphatic carbocycles. The normalized spacial score (nSPS) is 10.3. The highest BCUT2D eigenvalue weighted by Gasteiger charge is 2.17. The van der Waals surface area contributed by atoms with Crippen molar-refractivity contribution >= 4 is 21.6 Å². The van der Waals surface area contributed by atoms with Crippen molar-refractivity contribution in [2.24, 2.45) is 0 Å². The summed E-state index contributed by atoms with van der Waals surface area (Å²) in [4.78, 5) is 4.35. The maximum absolute atomic E-state index is 6.09. The first-order chi connectivity index (χ1) is 9.10. The fourth-order valence-corrected chi connectivity index (χ4v) is 2.54. The average Bonchev–Trinajstić information content (AvgIpc) is 2.41. The van der Waals surface area contributed by atoms with Crippen LogP contribution in [0.5, 0.6) is 11.5 Å². The van der Waals surface area contributed by atoms with E-state index in [9.17, 15) is 0 Å². The number of nitrogens with zero attached hydrogens (tertiary/aromatic N) is 1. The summed E-state index contributed by atoms with van der Waals surface area (Å²) in [6.45, 7) is 1.95. The molecule has 2 aromatic rings. The fourth-order valence-electron chi connectivity index (χ4n) is 1.87. The maximum Gasteiger partial charge on any atom is 0.146 e. The lowest BCUT2D eigenvalue weighted by molar-refractivity contribution is 0.390. The summed E-state index contributed by atoms with van der Waals surface area (Å²) in [5, 5.41) is 0. The molecule has 100 valence electrons. The van der Waals surface area contributed by atoms with E-state index in [1.54, 1.807) is 20.4 Å². The Balaban J connectivity index is 2.69. The molecule has 0 saturated carbocycles. The molecule has 2 rings (SSSR count). The van der Waals surface area contributed by atoms with E-state index in [1.165, 1.54) is 0 Å². The molecule has 0 atom stereocenters. The quantitative estimate of drug-likeness (QED) is 0.940.